The molecule has 0 aliphatic heterocycles. The fourth-order valence-electron chi connectivity index (χ4n) is 1.92. The Morgan fingerprint density at radius 3 is 2.39 bits per heavy atom. The van der Waals surface area contributed by atoms with Gasteiger partial charge in [0.05, 0.1) is 5.02 Å². The molecule has 0 atom stereocenters. The first-order chi connectivity index (χ1) is 8.58. The number of aryl methyl sites for hydroxylation is 2. The molecule has 0 radical (unpaired) electrons. The van der Waals surface area contributed by atoms with Crippen LogP contribution in [-0.4, -0.2) is 0 Å². The van der Waals surface area contributed by atoms with Gasteiger partial charge >= 0.3 is 0 Å². The number of nitrogens with one attached hydrogen (secondary N) is 1. The number of hydrogen-bond donors (Lipinski definition) is 1. The van der Waals surface area contributed by atoms with Crippen LogP contribution in [0.1, 0.15) is 16.7 Å². The molecule has 3 heteroatoms. The summed E-state index contributed by atoms with van der Waals surface area (Å²) in [5, 5.41) is 4.13. The summed E-state index contributed by atoms with van der Waals surface area (Å²) in [6, 6.07) is 12.3. The molecular formula is C15H15BrClN. The molecule has 0 aliphatic carbocycles. The molecule has 1 N–H and O–H groups in total. The van der Waals surface area contributed by atoms with E-state index >= 15 is 0 Å². The van der Waals surface area contributed by atoms with Gasteiger partial charge in [0.2, 0.25) is 0 Å². The Kier molecular flexibility index (Phi) is 4.31. The lowest BCUT2D eigenvalue weighted by Gasteiger charge is -2.12. The molecule has 18 heavy (non-hydrogen) atoms. The van der Waals surface area contributed by atoms with Gasteiger partial charge in [-0.15, -0.1) is 0 Å². The summed E-state index contributed by atoms with van der Waals surface area (Å²) in [4.78, 5) is 0. The average Bonchev–Trinajstić information content (AvgIpc) is 2.33. The van der Waals surface area contributed by atoms with Gasteiger partial charge in [-0.1, -0.05) is 29.8 Å². The smallest absolute Gasteiger partial charge is 0.0568 e. The first-order valence-electron chi connectivity index (χ1n) is 5.82. The van der Waals surface area contributed by atoms with Crippen LogP contribution in [0.25, 0.3) is 0 Å². The fourth-order valence-corrected chi connectivity index (χ4v) is 2.35. The Bertz CT molecular complexity index is 546. The zero-order chi connectivity index (χ0) is 13.1. The maximum absolute atomic E-state index is 6.07. The third-order valence-corrected chi connectivity index (χ3v) is 4.27. The molecule has 0 amide bonds. The lowest BCUT2D eigenvalue weighted by molar-refractivity contribution is 1.09. The minimum Gasteiger partial charge on any atom is -0.381 e. The van der Waals surface area contributed by atoms with Crippen molar-refractivity contribution >= 4 is 33.2 Å². The van der Waals surface area contributed by atoms with E-state index in [1.165, 1.54) is 16.7 Å². The molecule has 0 bridgehead atoms. The predicted molar refractivity (Wildman–Crippen MR) is 82.4 cm³/mol. The van der Waals surface area contributed by atoms with Crippen molar-refractivity contribution in [1.29, 1.82) is 0 Å². The summed E-state index contributed by atoms with van der Waals surface area (Å²) in [5.74, 6) is 0. The highest BCUT2D eigenvalue weighted by molar-refractivity contribution is 9.10. The van der Waals surface area contributed by atoms with Crippen LogP contribution in [0, 0.1) is 13.8 Å². The lowest BCUT2D eigenvalue weighted by atomic mass is 10.0. The van der Waals surface area contributed by atoms with Gasteiger partial charge in [0.15, 0.2) is 0 Å². The van der Waals surface area contributed by atoms with Crippen LogP contribution in [0.15, 0.2) is 40.9 Å². The maximum Gasteiger partial charge on any atom is 0.0568 e. The van der Waals surface area contributed by atoms with E-state index in [4.69, 9.17) is 11.6 Å². The predicted octanol–water partition coefficient (Wildman–Crippen LogP) is 5.33. The van der Waals surface area contributed by atoms with Gasteiger partial charge in [-0.3, -0.25) is 0 Å². The monoisotopic (exact) mass is 323 g/mol. The van der Waals surface area contributed by atoms with E-state index in [1.54, 1.807) is 0 Å². The Balaban J connectivity index is 2.14. The van der Waals surface area contributed by atoms with Crippen molar-refractivity contribution in [2.45, 2.75) is 20.4 Å². The van der Waals surface area contributed by atoms with E-state index in [0.29, 0.717) is 0 Å². The highest BCUT2D eigenvalue weighted by atomic mass is 79.9. The van der Waals surface area contributed by atoms with E-state index in [1.807, 2.05) is 18.2 Å². The summed E-state index contributed by atoms with van der Waals surface area (Å²) in [6.45, 7) is 5.09. The van der Waals surface area contributed by atoms with Gasteiger partial charge in [0.1, 0.15) is 0 Å². The third kappa shape index (κ3) is 3.06. The van der Waals surface area contributed by atoms with Gasteiger partial charge in [0, 0.05) is 16.7 Å². The third-order valence-electron chi connectivity index (χ3n) is 3.03. The molecule has 2 aromatic rings. The van der Waals surface area contributed by atoms with Crippen LogP contribution in [0.2, 0.25) is 5.02 Å². The normalized spacial score (nSPS) is 10.4. The maximum atomic E-state index is 6.07. The number of benzene rings is 2. The number of halogens is 2. The molecule has 94 valence electrons. The second kappa shape index (κ2) is 5.77. The SMILES string of the molecule is Cc1cccc(C)c1CNc1ccc(Br)c(Cl)c1. The van der Waals surface area contributed by atoms with Crippen LogP contribution in [-0.2, 0) is 6.54 Å². The zero-order valence-electron chi connectivity index (χ0n) is 10.4. The van der Waals surface area contributed by atoms with Crippen molar-refractivity contribution in [3.8, 4) is 0 Å². The summed E-state index contributed by atoms with van der Waals surface area (Å²) < 4.78 is 0.918. The Morgan fingerprint density at radius 1 is 1.11 bits per heavy atom. The Hall–Kier alpha value is -0.990. The zero-order valence-corrected chi connectivity index (χ0v) is 12.8. The molecule has 0 unspecified atom stereocenters. The van der Waals surface area contributed by atoms with Gasteiger partial charge in [-0.2, -0.15) is 0 Å². The number of hydrogen-bond acceptors (Lipinski definition) is 1. The topological polar surface area (TPSA) is 12.0 Å². The average molecular weight is 325 g/mol. The molecular weight excluding hydrogens is 310 g/mol. The van der Waals surface area contributed by atoms with E-state index in [2.05, 4.69) is 53.3 Å². The number of rotatable bonds is 3. The largest absolute Gasteiger partial charge is 0.381 e. The first-order valence-corrected chi connectivity index (χ1v) is 6.99. The minimum atomic E-state index is 0.724. The van der Waals surface area contributed by atoms with E-state index in [0.717, 1.165) is 21.7 Å². The summed E-state index contributed by atoms with van der Waals surface area (Å²) >= 11 is 9.46. The standard InChI is InChI=1S/C15H15BrClN/c1-10-4-3-5-11(2)13(10)9-18-12-6-7-14(16)15(17)8-12/h3-8,18H,9H2,1-2H3. The minimum absolute atomic E-state index is 0.724. The highest BCUT2D eigenvalue weighted by Gasteiger charge is 2.03. The summed E-state index contributed by atoms with van der Waals surface area (Å²) in [6.07, 6.45) is 0. The van der Waals surface area contributed by atoms with Crippen LogP contribution in [0.4, 0.5) is 5.69 Å². The molecule has 1 nitrogen and oxygen atoms in total. The van der Waals surface area contributed by atoms with E-state index in [9.17, 15) is 0 Å². The molecule has 2 rings (SSSR count). The highest BCUT2D eigenvalue weighted by Crippen LogP contribution is 2.26. The molecule has 0 heterocycles. The van der Waals surface area contributed by atoms with Crippen molar-refractivity contribution < 1.29 is 0 Å². The molecule has 0 saturated carbocycles. The molecule has 0 aromatic heterocycles. The van der Waals surface area contributed by atoms with Crippen molar-refractivity contribution in [3.63, 3.8) is 0 Å². The number of anilines is 1. The molecule has 0 saturated heterocycles. The lowest BCUT2D eigenvalue weighted by Crippen LogP contribution is -2.03. The van der Waals surface area contributed by atoms with Crippen LogP contribution in [0.3, 0.4) is 0 Å². The first kappa shape index (κ1) is 13.4. The Morgan fingerprint density at radius 2 is 1.78 bits per heavy atom. The van der Waals surface area contributed by atoms with Crippen LogP contribution >= 0.6 is 27.5 Å². The van der Waals surface area contributed by atoms with E-state index in [-0.39, 0.29) is 0 Å². The van der Waals surface area contributed by atoms with Crippen LogP contribution < -0.4 is 5.32 Å². The van der Waals surface area contributed by atoms with Gasteiger partial charge in [0.25, 0.3) is 0 Å². The van der Waals surface area contributed by atoms with Crippen LogP contribution in [0.5, 0.6) is 0 Å². The van der Waals surface area contributed by atoms with Crippen molar-refractivity contribution in [1.82, 2.24) is 0 Å². The van der Waals surface area contributed by atoms with Crippen molar-refractivity contribution in [3.05, 3.63) is 62.6 Å². The summed E-state index contributed by atoms with van der Waals surface area (Å²) in [7, 11) is 0. The van der Waals surface area contributed by atoms with Crippen molar-refractivity contribution in [2.24, 2.45) is 0 Å². The molecule has 0 spiro atoms. The second-order valence-corrected chi connectivity index (χ2v) is 5.61. The van der Waals surface area contributed by atoms with Gasteiger partial charge < -0.3 is 5.32 Å². The summed E-state index contributed by atoms with van der Waals surface area (Å²) in [5.41, 5.74) is 5.00. The van der Waals surface area contributed by atoms with Crippen molar-refractivity contribution in [2.75, 3.05) is 5.32 Å². The Labute approximate surface area is 121 Å². The second-order valence-electron chi connectivity index (χ2n) is 4.35. The quantitative estimate of drug-likeness (QED) is 0.804. The van der Waals surface area contributed by atoms with Gasteiger partial charge in [-0.25, -0.2) is 0 Å². The molecule has 0 aliphatic rings. The molecule has 0 fully saturated rings. The fraction of sp³-hybridized carbons (Fsp3) is 0.200. The van der Waals surface area contributed by atoms with E-state index < -0.39 is 0 Å². The van der Waals surface area contributed by atoms with Gasteiger partial charge in [-0.05, 0) is 64.7 Å². The molecule has 2 aromatic carbocycles.